The van der Waals surface area contributed by atoms with E-state index in [-0.39, 0.29) is 34.0 Å². The number of methoxy groups -OCH3 is 2. The Kier molecular flexibility index (Phi) is 5.18. The Bertz CT molecular complexity index is 831. The van der Waals surface area contributed by atoms with Crippen LogP contribution in [0.25, 0.3) is 0 Å². The highest BCUT2D eigenvalue weighted by Crippen LogP contribution is 2.33. The fourth-order valence-corrected chi connectivity index (χ4v) is 2.08. The van der Waals surface area contributed by atoms with E-state index in [9.17, 15) is 24.8 Å². The molecule has 0 saturated heterocycles. The van der Waals surface area contributed by atoms with Gasteiger partial charge < -0.3 is 24.7 Å². The Balaban J connectivity index is 2.36. The summed E-state index contributed by atoms with van der Waals surface area (Å²) in [5.74, 6) is -1.79. The first kappa shape index (κ1) is 17.7. The number of nitrogens with zero attached hydrogens (tertiary/aromatic N) is 1. The van der Waals surface area contributed by atoms with E-state index in [1.165, 1.54) is 50.6 Å². The molecule has 0 aliphatic carbocycles. The van der Waals surface area contributed by atoms with Crippen LogP contribution in [-0.2, 0) is 0 Å². The third kappa shape index (κ3) is 3.83. The van der Waals surface area contributed by atoms with Gasteiger partial charge in [-0.15, -0.1) is 0 Å². The molecule has 0 aliphatic rings. The van der Waals surface area contributed by atoms with E-state index < -0.39 is 16.8 Å². The Morgan fingerprint density at radius 3 is 2.08 bits per heavy atom. The number of carboxylic acids is 1. The van der Waals surface area contributed by atoms with Gasteiger partial charge in [0, 0.05) is 29.3 Å². The van der Waals surface area contributed by atoms with Gasteiger partial charge in [0.05, 0.1) is 30.8 Å². The molecule has 2 rings (SSSR count). The van der Waals surface area contributed by atoms with Crippen molar-refractivity contribution < 1.29 is 29.1 Å². The molecule has 0 saturated carbocycles. The first-order valence-electron chi connectivity index (χ1n) is 6.90. The lowest BCUT2D eigenvalue weighted by Crippen LogP contribution is -2.25. The number of hydrogen-bond donors (Lipinski definition) is 1. The zero-order chi connectivity index (χ0) is 18.6. The maximum absolute atomic E-state index is 12.3. The zero-order valence-electron chi connectivity index (χ0n) is 13.3. The molecule has 25 heavy (non-hydrogen) atoms. The van der Waals surface area contributed by atoms with Gasteiger partial charge in [0.25, 0.3) is 11.6 Å². The first-order valence-corrected chi connectivity index (χ1v) is 6.90. The lowest BCUT2D eigenvalue weighted by atomic mass is 10.1. The lowest BCUT2D eigenvalue weighted by molar-refractivity contribution is -0.384. The minimum absolute atomic E-state index is 0.0546. The number of nitro groups is 1. The molecular weight excluding hydrogens is 332 g/mol. The van der Waals surface area contributed by atoms with Gasteiger partial charge in [0.15, 0.2) is 11.5 Å². The molecule has 9 heteroatoms. The molecule has 0 unspecified atom stereocenters. The lowest BCUT2D eigenvalue weighted by Gasteiger charge is -2.16. The van der Waals surface area contributed by atoms with Crippen LogP contribution in [-0.4, -0.2) is 31.0 Å². The van der Waals surface area contributed by atoms with E-state index in [1.807, 2.05) is 0 Å². The average molecular weight is 345 g/mol. The number of carbonyl (C=O) groups excluding carboxylic acids is 2. The number of rotatable bonds is 6. The van der Waals surface area contributed by atoms with Crippen LogP contribution in [0, 0.1) is 10.1 Å². The third-order valence-corrected chi connectivity index (χ3v) is 3.33. The smallest absolute Gasteiger partial charge is 0.269 e. The fraction of sp³-hybridized carbons (Fsp3) is 0.125. The Morgan fingerprint density at radius 1 is 1.04 bits per heavy atom. The monoisotopic (exact) mass is 345 g/mol. The highest BCUT2D eigenvalue weighted by atomic mass is 16.6. The number of ether oxygens (including phenoxy) is 2. The van der Waals surface area contributed by atoms with Crippen LogP contribution in [0.2, 0.25) is 0 Å². The molecule has 130 valence electrons. The van der Waals surface area contributed by atoms with E-state index in [4.69, 9.17) is 9.47 Å². The quantitative estimate of drug-likeness (QED) is 0.615. The Morgan fingerprint density at radius 2 is 1.60 bits per heavy atom. The van der Waals surface area contributed by atoms with Gasteiger partial charge in [0.2, 0.25) is 0 Å². The minimum Gasteiger partial charge on any atom is -0.545 e. The van der Waals surface area contributed by atoms with E-state index in [0.717, 1.165) is 0 Å². The van der Waals surface area contributed by atoms with E-state index >= 15 is 0 Å². The number of carboxylic acid groups (broad SMARTS) is 1. The number of non-ortho nitro benzene ring substituents is 1. The molecule has 1 N–H and O–H groups in total. The number of hydrogen-bond acceptors (Lipinski definition) is 7. The van der Waals surface area contributed by atoms with Crippen molar-refractivity contribution in [2.24, 2.45) is 0 Å². The molecule has 2 aromatic rings. The summed E-state index contributed by atoms with van der Waals surface area (Å²) >= 11 is 0. The topological polar surface area (TPSA) is 131 Å². The summed E-state index contributed by atoms with van der Waals surface area (Å²) in [5.41, 5.74) is -0.406. The number of aromatic carboxylic acids is 1. The second-order valence-electron chi connectivity index (χ2n) is 4.80. The van der Waals surface area contributed by atoms with Gasteiger partial charge >= 0.3 is 0 Å². The largest absolute Gasteiger partial charge is 0.545 e. The highest BCUT2D eigenvalue weighted by molar-refractivity contribution is 6.08. The number of benzene rings is 2. The van der Waals surface area contributed by atoms with Crippen LogP contribution < -0.4 is 19.9 Å². The van der Waals surface area contributed by atoms with Crippen LogP contribution in [0.5, 0.6) is 11.5 Å². The first-order chi connectivity index (χ1) is 11.9. The summed E-state index contributed by atoms with van der Waals surface area (Å²) < 4.78 is 10.1. The number of carbonyl (C=O) groups is 2. The predicted octanol–water partition coefficient (Wildman–Crippen LogP) is 1.23. The molecule has 1 amide bonds. The number of anilines is 1. The van der Waals surface area contributed by atoms with Crippen LogP contribution >= 0.6 is 0 Å². The van der Waals surface area contributed by atoms with Gasteiger partial charge in [-0.3, -0.25) is 14.9 Å². The minimum atomic E-state index is -1.51. The molecular formula is C16H13N2O7-. The number of nitro benzene ring substituents is 1. The third-order valence-electron chi connectivity index (χ3n) is 3.33. The number of amides is 1. The highest BCUT2D eigenvalue weighted by Gasteiger charge is 2.16. The van der Waals surface area contributed by atoms with E-state index in [0.29, 0.717) is 0 Å². The molecule has 0 bridgehead atoms. The second kappa shape index (κ2) is 7.30. The van der Waals surface area contributed by atoms with Gasteiger partial charge in [0.1, 0.15) is 0 Å². The molecule has 0 heterocycles. The normalized spacial score (nSPS) is 10.0. The van der Waals surface area contributed by atoms with Crippen molar-refractivity contribution in [2.45, 2.75) is 0 Å². The molecule has 2 aromatic carbocycles. The van der Waals surface area contributed by atoms with E-state index in [1.54, 1.807) is 0 Å². The van der Waals surface area contributed by atoms with Gasteiger partial charge in [-0.25, -0.2) is 0 Å². The summed E-state index contributed by atoms with van der Waals surface area (Å²) in [6, 6.07) is 7.30. The maximum atomic E-state index is 12.3. The average Bonchev–Trinajstić information content (AvgIpc) is 2.60. The van der Waals surface area contributed by atoms with Crippen molar-refractivity contribution >= 4 is 23.3 Å². The van der Waals surface area contributed by atoms with Gasteiger partial charge in [-0.1, -0.05) is 0 Å². The predicted molar refractivity (Wildman–Crippen MR) is 84.9 cm³/mol. The van der Waals surface area contributed by atoms with Crippen molar-refractivity contribution in [1.29, 1.82) is 0 Å². The summed E-state index contributed by atoms with van der Waals surface area (Å²) in [6.07, 6.45) is 0. The van der Waals surface area contributed by atoms with Crippen LogP contribution in [0.15, 0.2) is 36.4 Å². The van der Waals surface area contributed by atoms with Crippen molar-refractivity contribution in [3.63, 3.8) is 0 Å². The molecule has 0 atom stereocenters. The van der Waals surface area contributed by atoms with Gasteiger partial charge in [-0.05, 0) is 18.2 Å². The molecule has 0 spiro atoms. The molecule has 0 aliphatic heterocycles. The Labute approximate surface area is 141 Å². The summed E-state index contributed by atoms with van der Waals surface area (Å²) in [4.78, 5) is 33.6. The van der Waals surface area contributed by atoms with Crippen molar-refractivity contribution in [2.75, 3.05) is 19.5 Å². The van der Waals surface area contributed by atoms with Crippen LogP contribution in [0.3, 0.4) is 0 Å². The Hall–Kier alpha value is -3.62. The summed E-state index contributed by atoms with van der Waals surface area (Å²) in [7, 11) is 2.70. The van der Waals surface area contributed by atoms with Gasteiger partial charge in [-0.2, -0.15) is 0 Å². The second-order valence-corrected chi connectivity index (χ2v) is 4.80. The SMILES string of the molecule is COc1cc(NC(=O)c2ccc([N+](=O)[O-])cc2)c(C(=O)[O-])cc1OC. The van der Waals surface area contributed by atoms with Crippen LogP contribution in [0.1, 0.15) is 20.7 Å². The summed E-state index contributed by atoms with van der Waals surface area (Å²) in [5, 5.41) is 24.3. The number of nitrogens with one attached hydrogen (secondary N) is 1. The zero-order valence-corrected chi connectivity index (χ0v) is 13.3. The standard InChI is InChI=1S/C16H14N2O7/c1-24-13-7-11(16(20)21)12(8-14(13)25-2)17-15(19)9-3-5-10(6-4-9)18(22)23/h3-8H,1-2H3,(H,17,19)(H,20,21)/p-1. The van der Waals surface area contributed by atoms with E-state index in [2.05, 4.69) is 5.32 Å². The molecule has 0 fully saturated rings. The fourth-order valence-electron chi connectivity index (χ4n) is 2.08. The molecule has 0 radical (unpaired) electrons. The maximum Gasteiger partial charge on any atom is 0.269 e. The molecule has 0 aromatic heterocycles. The van der Waals surface area contributed by atoms with Crippen LogP contribution in [0.4, 0.5) is 11.4 Å². The van der Waals surface area contributed by atoms with Crippen molar-refractivity contribution in [3.05, 3.63) is 57.6 Å². The van der Waals surface area contributed by atoms with Crippen molar-refractivity contribution in [3.8, 4) is 11.5 Å². The van der Waals surface area contributed by atoms with Crippen molar-refractivity contribution in [1.82, 2.24) is 0 Å². The summed E-state index contributed by atoms with van der Waals surface area (Å²) in [6.45, 7) is 0. The molecule has 9 nitrogen and oxygen atoms in total.